The highest BCUT2D eigenvalue weighted by Gasteiger charge is 2.24. The lowest BCUT2D eigenvalue weighted by Crippen LogP contribution is -2.14. The number of nitrogen functional groups attached to an aromatic ring is 1. The van der Waals surface area contributed by atoms with Gasteiger partial charge in [-0.15, -0.1) is 0 Å². The molecule has 7 heteroatoms. The van der Waals surface area contributed by atoms with Gasteiger partial charge in [0.2, 0.25) is 0 Å². The van der Waals surface area contributed by atoms with Crippen molar-refractivity contribution in [2.24, 2.45) is 0 Å². The van der Waals surface area contributed by atoms with E-state index in [0.29, 0.717) is 35.1 Å². The molecular formula is C17H25N4O2P. The predicted molar refractivity (Wildman–Crippen MR) is 97.9 cm³/mol. The smallest absolute Gasteiger partial charge is 0.187 e. The highest BCUT2D eigenvalue weighted by Crippen LogP contribution is 2.44. The molecule has 130 valence electrons. The van der Waals surface area contributed by atoms with Crippen LogP contribution in [0, 0.1) is 6.92 Å². The number of aromatic nitrogens is 3. The molecule has 0 atom stereocenters. The van der Waals surface area contributed by atoms with Crippen LogP contribution in [0.15, 0.2) is 18.5 Å². The monoisotopic (exact) mass is 348 g/mol. The molecule has 0 saturated heterocycles. The van der Waals surface area contributed by atoms with Crippen molar-refractivity contribution >= 4 is 18.4 Å². The molecule has 0 aliphatic heterocycles. The van der Waals surface area contributed by atoms with Gasteiger partial charge in [-0.2, -0.15) is 0 Å². The third kappa shape index (κ3) is 3.75. The number of rotatable bonds is 6. The summed E-state index contributed by atoms with van der Waals surface area (Å²) in [6.45, 7) is 9.72. The molecule has 0 saturated carbocycles. The standard InChI is InChI=1S/C17H25N4O2P/c1-6-24(22,7-2)16-8-14(13(9-20-16)11(3)4)23-15-10-19-12(5)21-17(15)18/h8-11H,6-7H2,1-5H3,(H2,18,19,21). The Morgan fingerprint density at radius 2 is 1.83 bits per heavy atom. The van der Waals surface area contributed by atoms with Crippen molar-refractivity contribution in [1.82, 2.24) is 15.0 Å². The van der Waals surface area contributed by atoms with Crippen molar-refractivity contribution in [2.45, 2.75) is 40.5 Å². The number of hydrogen-bond acceptors (Lipinski definition) is 6. The van der Waals surface area contributed by atoms with Crippen LogP contribution in [-0.4, -0.2) is 27.3 Å². The van der Waals surface area contributed by atoms with E-state index in [1.807, 2.05) is 13.8 Å². The topological polar surface area (TPSA) is 91.0 Å². The summed E-state index contributed by atoms with van der Waals surface area (Å²) in [5.41, 5.74) is 7.45. The Balaban J connectivity index is 2.51. The van der Waals surface area contributed by atoms with Gasteiger partial charge in [0.1, 0.15) is 24.2 Å². The van der Waals surface area contributed by atoms with E-state index in [1.165, 1.54) is 0 Å². The summed E-state index contributed by atoms with van der Waals surface area (Å²) >= 11 is 0. The van der Waals surface area contributed by atoms with E-state index < -0.39 is 7.14 Å². The Kier molecular flexibility index (Phi) is 5.60. The maximum absolute atomic E-state index is 13.0. The fourth-order valence-electron chi connectivity index (χ4n) is 2.40. The van der Waals surface area contributed by atoms with Crippen molar-refractivity contribution in [1.29, 1.82) is 0 Å². The third-order valence-corrected chi connectivity index (χ3v) is 7.19. The summed E-state index contributed by atoms with van der Waals surface area (Å²) in [5, 5.41) is 0. The van der Waals surface area contributed by atoms with Crippen LogP contribution in [0.4, 0.5) is 5.82 Å². The molecule has 0 fully saturated rings. The van der Waals surface area contributed by atoms with E-state index >= 15 is 0 Å². The zero-order valence-corrected chi connectivity index (χ0v) is 15.8. The van der Waals surface area contributed by atoms with Crippen molar-refractivity contribution in [3.63, 3.8) is 0 Å². The Morgan fingerprint density at radius 1 is 1.17 bits per heavy atom. The first kappa shape index (κ1) is 18.4. The van der Waals surface area contributed by atoms with Crippen LogP contribution < -0.4 is 15.9 Å². The number of hydrogen-bond donors (Lipinski definition) is 1. The van der Waals surface area contributed by atoms with E-state index in [9.17, 15) is 4.57 Å². The van der Waals surface area contributed by atoms with Gasteiger partial charge in [0.15, 0.2) is 11.6 Å². The number of nitrogens with zero attached hydrogens (tertiary/aromatic N) is 3. The predicted octanol–water partition coefficient (Wildman–Crippen LogP) is 3.71. The molecule has 2 aromatic rings. The van der Waals surface area contributed by atoms with Crippen molar-refractivity contribution in [3.8, 4) is 11.5 Å². The Hall–Kier alpha value is -1.94. The van der Waals surface area contributed by atoms with Crippen LogP contribution in [0.25, 0.3) is 0 Å². The number of ether oxygens (including phenoxy) is 1. The highest BCUT2D eigenvalue weighted by atomic mass is 31.2. The molecule has 0 bridgehead atoms. The summed E-state index contributed by atoms with van der Waals surface area (Å²) in [4.78, 5) is 12.7. The van der Waals surface area contributed by atoms with Crippen LogP contribution in [-0.2, 0) is 4.57 Å². The maximum atomic E-state index is 13.0. The maximum Gasteiger partial charge on any atom is 0.187 e. The first-order valence-corrected chi connectivity index (χ1v) is 10.2. The molecule has 0 aromatic carbocycles. The SMILES string of the molecule is CCP(=O)(CC)c1cc(Oc2cnc(C)nc2N)c(C(C)C)cn1. The number of aryl methyl sites for hydroxylation is 1. The molecule has 0 aliphatic rings. The summed E-state index contributed by atoms with van der Waals surface area (Å²) in [6, 6.07) is 1.78. The van der Waals surface area contributed by atoms with Crippen molar-refractivity contribution in [3.05, 3.63) is 29.8 Å². The number of pyridine rings is 1. The van der Waals surface area contributed by atoms with Crippen LogP contribution in [0.3, 0.4) is 0 Å². The molecule has 0 radical (unpaired) electrons. The van der Waals surface area contributed by atoms with Gasteiger partial charge in [-0.05, 0) is 12.8 Å². The second-order valence-electron chi connectivity index (χ2n) is 6.03. The molecule has 2 rings (SSSR count). The van der Waals surface area contributed by atoms with E-state index in [-0.39, 0.29) is 11.7 Å². The molecule has 0 unspecified atom stereocenters. The summed E-state index contributed by atoms with van der Waals surface area (Å²) in [5.74, 6) is 2.07. The van der Waals surface area contributed by atoms with E-state index in [0.717, 1.165) is 5.56 Å². The lowest BCUT2D eigenvalue weighted by atomic mass is 10.1. The molecule has 6 nitrogen and oxygen atoms in total. The highest BCUT2D eigenvalue weighted by molar-refractivity contribution is 7.71. The molecule has 24 heavy (non-hydrogen) atoms. The Labute approximate surface area is 143 Å². The summed E-state index contributed by atoms with van der Waals surface area (Å²) in [6.07, 6.45) is 4.46. The van der Waals surface area contributed by atoms with E-state index in [4.69, 9.17) is 10.5 Å². The molecule has 2 aromatic heterocycles. The van der Waals surface area contributed by atoms with Gasteiger partial charge in [-0.1, -0.05) is 27.7 Å². The number of nitrogens with two attached hydrogens (primary N) is 1. The fraction of sp³-hybridized carbons (Fsp3) is 0.471. The molecule has 0 aliphatic carbocycles. The minimum absolute atomic E-state index is 0.205. The van der Waals surface area contributed by atoms with E-state index in [2.05, 4.69) is 28.8 Å². The first-order valence-electron chi connectivity index (χ1n) is 8.16. The normalized spacial score (nSPS) is 11.8. The number of anilines is 1. The van der Waals surface area contributed by atoms with Gasteiger partial charge in [0, 0.05) is 30.2 Å². The quantitative estimate of drug-likeness (QED) is 0.800. The minimum Gasteiger partial charge on any atom is -0.451 e. The second-order valence-corrected chi connectivity index (χ2v) is 9.53. The van der Waals surface area contributed by atoms with Crippen LogP contribution >= 0.6 is 7.14 Å². The van der Waals surface area contributed by atoms with Gasteiger partial charge in [0.05, 0.1) is 6.20 Å². The minimum atomic E-state index is -2.49. The summed E-state index contributed by atoms with van der Waals surface area (Å²) in [7, 11) is -2.49. The molecule has 2 N–H and O–H groups in total. The van der Waals surface area contributed by atoms with Gasteiger partial charge >= 0.3 is 0 Å². The van der Waals surface area contributed by atoms with Gasteiger partial charge in [0.25, 0.3) is 0 Å². The zero-order valence-electron chi connectivity index (χ0n) is 14.9. The van der Waals surface area contributed by atoms with Gasteiger partial charge < -0.3 is 15.0 Å². The Morgan fingerprint density at radius 3 is 2.38 bits per heavy atom. The fourth-order valence-corrected chi connectivity index (χ4v) is 4.12. The lowest BCUT2D eigenvalue weighted by Gasteiger charge is -2.18. The third-order valence-electron chi connectivity index (χ3n) is 4.07. The molecule has 0 spiro atoms. The van der Waals surface area contributed by atoms with E-state index in [1.54, 1.807) is 25.4 Å². The van der Waals surface area contributed by atoms with Gasteiger partial charge in [-0.3, -0.25) is 4.98 Å². The van der Waals surface area contributed by atoms with Crippen LogP contribution in [0.1, 0.15) is 45.0 Å². The van der Waals surface area contributed by atoms with Crippen LogP contribution in [0.2, 0.25) is 0 Å². The van der Waals surface area contributed by atoms with Crippen LogP contribution in [0.5, 0.6) is 11.5 Å². The summed E-state index contributed by atoms with van der Waals surface area (Å²) < 4.78 is 19.0. The zero-order chi connectivity index (χ0) is 17.9. The largest absolute Gasteiger partial charge is 0.451 e. The van der Waals surface area contributed by atoms with Gasteiger partial charge in [-0.25, -0.2) is 9.97 Å². The van der Waals surface area contributed by atoms with Crippen molar-refractivity contribution < 1.29 is 9.30 Å². The lowest BCUT2D eigenvalue weighted by molar-refractivity contribution is 0.470. The first-order chi connectivity index (χ1) is 11.3. The molecule has 0 amide bonds. The second kappa shape index (κ2) is 7.31. The molecule has 2 heterocycles. The average molecular weight is 348 g/mol. The average Bonchev–Trinajstić information content (AvgIpc) is 2.56. The Bertz CT molecular complexity index is 769. The molecular weight excluding hydrogens is 323 g/mol. The van der Waals surface area contributed by atoms with Crippen molar-refractivity contribution in [2.75, 3.05) is 18.1 Å².